The van der Waals surface area contributed by atoms with Gasteiger partial charge in [-0.15, -0.1) is 4.37 Å². The summed E-state index contributed by atoms with van der Waals surface area (Å²) in [6, 6.07) is 0. The Morgan fingerprint density at radius 1 is 1.71 bits per heavy atom. The van der Waals surface area contributed by atoms with Gasteiger partial charge in [-0.2, -0.15) is 4.37 Å². The van der Waals surface area contributed by atoms with Crippen LogP contribution in [0.15, 0.2) is 6.20 Å². The summed E-state index contributed by atoms with van der Waals surface area (Å²) in [5.41, 5.74) is 2.95. The quantitative estimate of drug-likeness (QED) is 0.618. The maximum absolute atomic E-state index is 9.44. The minimum atomic E-state index is -0.556. The molecule has 0 aromatic carbocycles. The molecule has 80 valence electrons. The maximum atomic E-state index is 9.44. The second kappa shape index (κ2) is 5.86. The van der Waals surface area contributed by atoms with Crippen LogP contribution < -0.4 is 10.2 Å². The van der Waals surface area contributed by atoms with Crippen LogP contribution in [0.25, 0.3) is 0 Å². The fourth-order valence-electron chi connectivity index (χ4n) is 0.748. The molecular weight excluding hydrogens is 204 g/mol. The van der Waals surface area contributed by atoms with Crippen molar-refractivity contribution in [2.24, 2.45) is 0 Å². The Morgan fingerprint density at radius 2 is 2.50 bits per heavy atom. The molecule has 1 aromatic rings. The lowest BCUT2D eigenvalue weighted by Gasteiger charge is -2.15. The van der Waals surface area contributed by atoms with Gasteiger partial charge in [-0.05, 0) is 0 Å². The smallest absolute Gasteiger partial charge is 0.245 e. The second-order valence-electron chi connectivity index (χ2n) is 2.97. The van der Waals surface area contributed by atoms with Crippen molar-refractivity contribution in [2.45, 2.75) is 6.10 Å². The Hall–Kier alpha value is -0.760. The first-order valence-electron chi connectivity index (χ1n) is 4.17. The third kappa shape index (κ3) is 4.47. The van der Waals surface area contributed by atoms with Crippen molar-refractivity contribution in [1.29, 1.82) is 0 Å². The monoisotopic (exact) mass is 218 g/mol. The van der Waals surface area contributed by atoms with Crippen LogP contribution in [-0.2, 0) is 0 Å². The van der Waals surface area contributed by atoms with Crippen molar-refractivity contribution in [3.63, 3.8) is 0 Å². The Balaban J connectivity index is 2.12. The van der Waals surface area contributed by atoms with Crippen molar-refractivity contribution < 1.29 is 9.84 Å². The van der Waals surface area contributed by atoms with Crippen LogP contribution in [0.2, 0.25) is 0 Å². The molecular formula is C7H14N4O2S. The summed E-state index contributed by atoms with van der Waals surface area (Å²) in [4.78, 5) is 0. The summed E-state index contributed by atoms with van der Waals surface area (Å²) >= 11 is 1.08. The molecule has 0 saturated carbocycles. The molecule has 7 heteroatoms. The van der Waals surface area contributed by atoms with Crippen molar-refractivity contribution in [1.82, 2.24) is 19.2 Å². The van der Waals surface area contributed by atoms with Crippen LogP contribution in [0.4, 0.5) is 0 Å². The SMILES string of the molecule is CN(C)NCC(O)COc1cnsn1. The van der Waals surface area contributed by atoms with Gasteiger partial charge in [-0.1, -0.05) is 0 Å². The first kappa shape index (κ1) is 11.3. The minimum absolute atomic E-state index is 0.215. The number of rotatable bonds is 6. The van der Waals surface area contributed by atoms with Crippen molar-refractivity contribution in [3.05, 3.63) is 6.20 Å². The highest BCUT2D eigenvalue weighted by Crippen LogP contribution is 2.04. The number of aliphatic hydroxyl groups excluding tert-OH is 1. The largest absolute Gasteiger partial charge is 0.473 e. The fraction of sp³-hybridized carbons (Fsp3) is 0.714. The number of hydrogen-bond acceptors (Lipinski definition) is 7. The first-order valence-corrected chi connectivity index (χ1v) is 4.91. The van der Waals surface area contributed by atoms with Crippen molar-refractivity contribution >= 4 is 11.7 Å². The summed E-state index contributed by atoms with van der Waals surface area (Å²) < 4.78 is 12.8. The Labute approximate surface area is 86.8 Å². The van der Waals surface area contributed by atoms with Gasteiger partial charge in [0.05, 0.1) is 11.7 Å². The van der Waals surface area contributed by atoms with E-state index in [-0.39, 0.29) is 6.61 Å². The zero-order valence-electron chi connectivity index (χ0n) is 8.17. The predicted octanol–water partition coefficient (Wildman–Crippen LogP) is -0.656. The summed E-state index contributed by atoms with van der Waals surface area (Å²) in [5.74, 6) is 0.457. The summed E-state index contributed by atoms with van der Waals surface area (Å²) in [6.45, 7) is 0.664. The average molecular weight is 218 g/mol. The molecule has 2 N–H and O–H groups in total. The third-order valence-electron chi connectivity index (χ3n) is 1.41. The van der Waals surface area contributed by atoms with Crippen LogP contribution in [0.1, 0.15) is 0 Å². The van der Waals surface area contributed by atoms with Gasteiger partial charge in [-0.25, -0.2) is 0 Å². The van der Waals surface area contributed by atoms with Gasteiger partial charge < -0.3 is 9.84 Å². The number of aromatic nitrogens is 2. The number of nitrogens with zero attached hydrogens (tertiary/aromatic N) is 3. The van der Waals surface area contributed by atoms with Crippen molar-refractivity contribution in [2.75, 3.05) is 27.2 Å². The molecule has 0 amide bonds. The molecule has 0 spiro atoms. The molecule has 6 nitrogen and oxygen atoms in total. The second-order valence-corrected chi connectivity index (χ2v) is 3.52. The van der Waals surface area contributed by atoms with Gasteiger partial charge in [0, 0.05) is 20.6 Å². The lowest BCUT2D eigenvalue weighted by Crippen LogP contribution is -2.39. The average Bonchev–Trinajstić information content (AvgIpc) is 2.63. The van der Waals surface area contributed by atoms with E-state index < -0.39 is 6.10 Å². The van der Waals surface area contributed by atoms with Crippen LogP contribution in [0, 0.1) is 0 Å². The highest BCUT2D eigenvalue weighted by atomic mass is 32.1. The van der Waals surface area contributed by atoms with E-state index in [1.165, 1.54) is 6.20 Å². The van der Waals surface area contributed by atoms with Gasteiger partial charge >= 0.3 is 0 Å². The van der Waals surface area contributed by atoms with Crippen LogP contribution in [0.5, 0.6) is 5.88 Å². The third-order valence-corrected chi connectivity index (χ3v) is 1.87. The number of hydrogen-bond donors (Lipinski definition) is 2. The van der Waals surface area contributed by atoms with Crippen LogP contribution in [0.3, 0.4) is 0 Å². The summed E-state index contributed by atoms with van der Waals surface area (Å²) in [7, 11) is 3.72. The van der Waals surface area contributed by atoms with Gasteiger partial charge in [0.25, 0.3) is 0 Å². The van der Waals surface area contributed by atoms with E-state index in [9.17, 15) is 5.11 Å². The molecule has 0 radical (unpaired) electrons. The van der Waals surface area contributed by atoms with E-state index in [1.54, 1.807) is 5.01 Å². The summed E-state index contributed by atoms with van der Waals surface area (Å²) in [5, 5.41) is 11.2. The Kier molecular flexibility index (Phi) is 4.74. The molecule has 0 aliphatic carbocycles. The molecule has 0 aliphatic heterocycles. The molecule has 0 bridgehead atoms. The van der Waals surface area contributed by atoms with E-state index in [0.717, 1.165) is 11.7 Å². The van der Waals surface area contributed by atoms with Crippen LogP contribution >= 0.6 is 11.7 Å². The number of aliphatic hydroxyl groups is 1. The van der Waals surface area contributed by atoms with Gasteiger partial charge in [-0.3, -0.25) is 10.4 Å². The molecule has 1 rings (SSSR count). The minimum Gasteiger partial charge on any atom is -0.473 e. The first-order chi connectivity index (χ1) is 6.68. The molecule has 1 heterocycles. The summed E-state index contributed by atoms with van der Waals surface area (Å²) in [6.07, 6.45) is 0.968. The predicted molar refractivity (Wildman–Crippen MR) is 53.1 cm³/mol. The van der Waals surface area contributed by atoms with Gasteiger partial charge in [0.15, 0.2) is 0 Å². The number of ether oxygens (including phenoxy) is 1. The lowest BCUT2D eigenvalue weighted by atomic mass is 10.4. The molecule has 14 heavy (non-hydrogen) atoms. The highest BCUT2D eigenvalue weighted by molar-refractivity contribution is 6.99. The highest BCUT2D eigenvalue weighted by Gasteiger charge is 2.06. The Bertz CT molecular complexity index is 242. The fourth-order valence-corrected chi connectivity index (χ4v) is 1.11. The molecule has 1 unspecified atom stereocenters. The zero-order chi connectivity index (χ0) is 10.4. The van der Waals surface area contributed by atoms with E-state index in [2.05, 4.69) is 14.2 Å². The topological polar surface area (TPSA) is 70.5 Å². The number of hydrazine groups is 1. The molecule has 0 saturated heterocycles. The molecule has 1 atom stereocenters. The van der Waals surface area contributed by atoms with Crippen molar-refractivity contribution in [3.8, 4) is 5.88 Å². The van der Waals surface area contributed by atoms with E-state index in [0.29, 0.717) is 12.4 Å². The van der Waals surface area contributed by atoms with Gasteiger partial charge in [0.2, 0.25) is 5.88 Å². The number of nitrogens with one attached hydrogen (secondary N) is 1. The molecule has 0 fully saturated rings. The van der Waals surface area contributed by atoms with E-state index in [4.69, 9.17) is 4.74 Å². The Morgan fingerprint density at radius 3 is 3.07 bits per heavy atom. The van der Waals surface area contributed by atoms with Gasteiger partial charge in [0.1, 0.15) is 18.9 Å². The zero-order valence-corrected chi connectivity index (χ0v) is 8.99. The normalized spacial score (nSPS) is 13.1. The maximum Gasteiger partial charge on any atom is 0.245 e. The molecule has 1 aromatic heterocycles. The molecule has 0 aliphatic rings. The van der Waals surface area contributed by atoms with E-state index >= 15 is 0 Å². The standard InChI is InChI=1S/C7H14N4O2S/c1-11(2)8-3-6(12)5-13-7-4-9-14-10-7/h4,6,8,12H,3,5H2,1-2H3. The lowest BCUT2D eigenvalue weighted by molar-refractivity contribution is 0.0868. The van der Waals surface area contributed by atoms with E-state index in [1.807, 2.05) is 14.1 Å². The van der Waals surface area contributed by atoms with Crippen LogP contribution in [-0.4, -0.2) is 52.2 Å².